The normalized spacial score (nSPS) is 10.8. The van der Waals surface area contributed by atoms with Crippen molar-refractivity contribution in [2.24, 2.45) is 0 Å². The molecule has 0 aliphatic rings. The molecule has 3 aromatic rings. The Morgan fingerprint density at radius 3 is 2.70 bits per heavy atom. The summed E-state index contributed by atoms with van der Waals surface area (Å²) in [5.74, 6) is 7.51. The van der Waals surface area contributed by atoms with E-state index in [2.05, 4.69) is 40.6 Å². The number of benzene rings is 2. The molecule has 0 fully saturated rings. The summed E-state index contributed by atoms with van der Waals surface area (Å²) >= 11 is 1.25. The van der Waals surface area contributed by atoms with E-state index in [9.17, 15) is 4.79 Å². The van der Waals surface area contributed by atoms with Crippen molar-refractivity contribution < 1.29 is 9.53 Å². The quantitative estimate of drug-likeness (QED) is 0.404. The van der Waals surface area contributed by atoms with Crippen LogP contribution in [0.3, 0.4) is 0 Å². The molecule has 8 heteroatoms. The molecule has 2 aromatic carbocycles. The molecule has 1 heterocycles. The van der Waals surface area contributed by atoms with Crippen molar-refractivity contribution in [3.8, 4) is 5.75 Å². The fraction of sp³-hybridized carbons (Fsp3) is 0.318. The second-order valence-electron chi connectivity index (χ2n) is 7.14. The van der Waals surface area contributed by atoms with Crippen LogP contribution in [0.15, 0.2) is 47.6 Å². The Bertz CT molecular complexity index is 1020. The number of amides is 1. The lowest BCUT2D eigenvalue weighted by molar-refractivity contribution is -0.118. The number of nitrogen functional groups attached to an aromatic ring is 1. The molecule has 0 radical (unpaired) electrons. The van der Waals surface area contributed by atoms with Crippen molar-refractivity contribution in [1.82, 2.24) is 20.2 Å². The Labute approximate surface area is 181 Å². The number of aryl methyl sites for hydroxylation is 3. The first kappa shape index (κ1) is 21.7. The Kier molecular flexibility index (Phi) is 7.35. The summed E-state index contributed by atoms with van der Waals surface area (Å²) in [4.78, 5) is 12.1. The van der Waals surface area contributed by atoms with Crippen LogP contribution in [0.2, 0.25) is 0 Å². The SMILES string of the molecule is Cc1ccc(OCc2nnc(SCC(=O)NCCc3ccccc3C)n2N)c(C)c1. The maximum absolute atomic E-state index is 12.1. The van der Waals surface area contributed by atoms with Crippen LogP contribution in [0.4, 0.5) is 0 Å². The summed E-state index contributed by atoms with van der Waals surface area (Å²) < 4.78 is 7.18. The van der Waals surface area contributed by atoms with E-state index in [0.717, 1.165) is 17.7 Å². The van der Waals surface area contributed by atoms with Crippen LogP contribution in [0.5, 0.6) is 5.75 Å². The molecule has 30 heavy (non-hydrogen) atoms. The standard InChI is InChI=1S/C22H27N5O2S/c1-15-8-9-19(17(3)12-15)29-13-20-25-26-22(27(20)23)30-14-21(28)24-11-10-18-7-5-4-6-16(18)2/h4-9,12H,10-11,13-14,23H2,1-3H3,(H,24,28). The van der Waals surface area contributed by atoms with Gasteiger partial charge in [-0.1, -0.05) is 53.7 Å². The Morgan fingerprint density at radius 2 is 1.93 bits per heavy atom. The zero-order valence-electron chi connectivity index (χ0n) is 17.5. The molecule has 3 N–H and O–H groups in total. The van der Waals surface area contributed by atoms with Gasteiger partial charge in [0.15, 0.2) is 5.82 Å². The molecule has 0 atom stereocenters. The number of carbonyl (C=O) groups is 1. The number of rotatable bonds is 9. The summed E-state index contributed by atoms with van der Waals surface area (Å²) in [6.45, 7) is 6.90. The van der Waals surface area contributed by atoms with Crippen molar-refractivity contribution >= 4 is 17.7 Å². The minimum Gasteiger partial charge on any atom is -0.485 e. The van der Waals surface area contributed by atoms with Gasteiger partial charge in [-0.05, 0) is 49.9 Å². The second-order valence-corrected chi connectivity index (χ2v) is 8.08. The van der Waals surface area contributed by atoms with Crippen LogP contribution < -0.4 is 15.9 Å². The number of nitrogens with two attached hydrogens (primary N) is 1. The Hall–Kier alpha value is -3.00. The van der Waals surface area contributed by atoms with Crippen LogP contribution in [0.1, 0.15) is 28.1 Å². The summed E-state index contributed by atoms with van der Waals surface area (Å²) in [7, 11) is 0. The molecule has 3 rings (SSSR count). The highest BCUT2D eigenvalue weighted by molar-refractivity contribution is 7.99. The average molecular weight is 426 g/mol. The Balaban J connectivity index is 1.45. The van der Waals surface area contributed by atoms with Crippen LogP contribution in [-0.4, -0.2) is 33.1 Å². The van der Waals surface area contributed by atoms with Crippen LogP contribution in [-0.2, 0) is 17.8 Å². The van der Waals surface area contributed by atoms with Gasteiger partial charge in [0.25, 0.3) is 0 Å². The fourth-order valence-electron chi connectivity index (χ4n) is 3.02. The number of ether oxygens (including phenoxy) is 1. The molecule has 158 valence electrons. The molecule has 0 saturated heterocycles. The van der Waals surface area contributed by atoms with Gasteiger partial charge in [-0.3, -0.25) is 4.79 Å². The molecule has 0 unspecified atom stereocenters. The van der Waals surface area contributed by atoms with E-state index in [1.54, 1.807) is 0 Å². The molecule has 7 nitrogen and oxygen atoms in total. The first-order valence-electron chi connectivity index (χ1n) is 9.77. The molecule has 0 bridgehead atoms. The van der Waals surface area contributed by atoms with Crippen LogP contribution in [0, 0.1) is 20.8 Å². The summed E-state index contributed by atoms with van der Waals surface area (Å²) in [5, 5.41) is 11.5. The molecule has 0 aliphatic carbocycles. The van der Waals surface area contributed by atoms with E-state index in [0.29, 0.717) is 17.5 Å². The molecular weight excluding hydrogens is 398 g/mol. The maximum atomic E-state index is 12.1. The zero-order valence-corrected chi connectivity index (χ0v) is 18.3. The van der Waals surface area contributed by atoms with E-state index in [1.165, 1.54) is 33.1 Å². The summed E-state index contributed by atoms with van der Waals surface area (Å²) in [6, 6.07) is 14.2. The smallest absolute Gasteiger partial charge is 0.230 e. The third kappa shape index (κ3) is 5.76. The highest BCUT2D eigenvalue weighted by Gasteiger charge is 2.13. The van der Waals surface area contributed by atoms with E-state index in [1.807, 2.05) is 38.1 Å². The first-order valence-corrected chi connectivity index (χ1v) is 10.8. The van der Waals surface area contributed by atoms with Gasteiger partial charge in [-0.2, -0.15) is 0 Å². The molecule has 0 spiro atoms. The molecule has 0 aliphatic heterocycles. The highest BCUT2D eigenvalue weighted by Crippen LogP contribution is 2.20. The van der Waals surface area contributed by atoms with E-state index in [-0.39, 0.29) is 18.3 Å². The predicted molar refractivity (Wildman–Crippen MR) is 119 cm³/mol. The van der Waals surface area contributed by atoms with Crippen molar-refractivity contribution in [3.05, 3.63) is 70.5 Å². The van der Waals surface area contributed by atoms with Gasteiger partial charge in [0.05, 0.1) is 5.75 Å². The largest absolute Gasteiger partial charge is 0.485 e. The highest BCUT2D eigenvalue weighted by atomic mass is 32.2. The monoisotopic (exact) mass is 425 g/mol. The molecule has 1 amide bonds. The topological polar surface area (TPSA) is 95.1 Å². The summed E-state index contributed by atoms with van der Waals surface area (Å²) in [5.41, 5.74) is 4.70. The number of nitrogens with one attached hydrogen (secondary N) is 1. The molecule has 0 saturated carbocycles. The van der Waals surface area contributed by atoms with Gasteiger partial charge in [0.2, 0.25) is 11.1 Å². The van der Waals surface area contributed by atoms with Gasteiger partial charge >= 0.3 is 0 Å². The summed E-state index contributed by atoms with van der Waals surface area (Å²) in [6.07, 6.45) is 0.802. The van der Waals surface area contributed by atoms with E-state index < -0.39 is 0 Å². The lowest BCUT2D eigenvalue weighted by Gasteiger charge is -2.09. The van der Waals surface area contributed by atoms with Crippen molar-refractivity contribution in [2.45, 2.75) is 39.0 Å². The third-order valence-electron chi connectivity index (χ3n) is 4.73. The van der Waals surface area contributed by atoms with Gasteiger partial charge in [0.1, 0.15) is 12.4 Å². The number of hydrogen-bond acceptors (Lipinski definition) is 6. The lowest BCUT2D eigenvalue weighted by atomic mass is 10.1. The van der Waals surface area contributed by atoms with Crippen molar-refractivity contribution in [2.75, 3.05) is 18.1 Å². The number of aromatic nitrogens is 3. The minimum atomic E-state index is -0.0651. The van der Waals surface area contributed by atoms with Crippen LogP contribution in [0.25, 0.3) is 0 Å². The van der Waals surface area contributed by atoms with Gasteiger partial charge in [-0.15, -0.1) is 10.2 Å². The van der Waals surface area contributed by atoms with Gasteiger partial charge in [-0.25, -0.2) is 4.68 Å². The molecule has 1 aromatic heterocycles. The van der Waals surface area contributed by atoms with Crippen molar-refractivity contribution in [3.63, 3.8) is 0 Å². The maximum Gasteiger partial charge on any atom is 0.230 e. The predicted octanol–water partition coefficient (Wildman–Crippen LogP) is 2.95. The average Bonchev–Trinajstić information content (AvgIpc) is 3.07. The third-order valence-corrected chi connectivity index (χ3v) is 5.68. The lowest BCUT2D eigenvalue weighted by Crippen LogP contribution is -2.27. The number of carbonyl (C=O) groups excluding carboxylic acids is 1. The van der Waals surface area contributed by atoms with E-state index >= 15 is 0 Å². The number of nitrogens with zero attached hydrogens (tertiary/aromatic N) is 3. The van der Waals surface area contributed by atoms with Gasteiger partial charge in [0, 0.05) is 6.54 Å². The first-order chi connectivity index (χ1) is 14.4. The second kappa shape index (κ2) is 10.2. The number of hydrogen-bond donors (Lipinski definition) is 2. The van der Waals surface area contributed by atoms with E-state index in [4.69, 9.17) is 10.6 Å². The fourth-order valence-corrected chi connectivity index (χ4v) is 3.72. The minimum absolute atomic E-state index is 0.0651. The number of thioether (sulfide) groups is 1. The van der Waals surface area contributed by atoms with Crippen LogP contribution >= 0.6 is 11.8 Å². The van der Waals surface area contributed by atoms with Gasteiger partial charge < -0.3 is 15.9 Å². The molecular formula is C22H27N5O2S. The van der Waals surface area contributed by atoms with Crippen molar-refractivity contribution in [1.29, 1.82) is 0 Å². The zero-order chi connectivity index (χ0) is 21.5. The Morgan fingerprint density at radius 1 is 1.13 bits per heavy atom.